The van der Waals surface area contributed by atoms with Crippen molar-refractivity contribution < 1.29 is 9.47 Å². The molecule has 214 valence electrons. The third-order valence-electron chi connectivity index (χ3n) is 6.89. The van der Waals surface area contributed by atoms with Crippen molar-refractivity contribution in [3.8, 4) is 22.9 Å². The maximum atomic E-state index is 13.7. The molecule has 0 radical (unpaired) electrons. The van der Waals surface area contributed by atoms with Gasteiger partial charge in [-0.25, -0.2) is 4.98 Å². The number of benzene rings is 4. The average molecular weight is 601 g/mol. The average Bonchev–Trinajstić information content (AvgIpc) is 2.97. The molecule has 42 heavy (non-hydrogen) atoms. The molecule has 4 aromatic carbocycles. The van der Waals surface area contributed by atoms with Crippen LogP contribution >= 0.6 is 23.2 Å². The summed E-state index contributed by atoms with van der Waals surface area (Å²) < 4.78 is 13.2. The monoisotopic (exact) mass is 599 g/mol. The molecule has 5 rings (SSSR count). The van der Waals surface area contributed by atoms with Gasteiger partial charge in [0.25, 0.3) is 5.56 Å². The minimum atomic E-state index is -0.244. The van der Waals surface area contributed by atoms with Crippen molar-refractivity contribution in [1.29, 1.82) is 0 Å². The number of fused-ring (bicyclic) bond motifs is 1. The molecule has 0 bridgehead atoms. The van der Waals surface area contributed by atoms with E-state index in [1.807, 2.05) is 68.4 Å². The number of nitrogens with zero attached hydrogens (tertiary/aromatic N) is 3. The lowest BCUT2D eigenvalue weighted by molar-refractivity contribution is 0.306. The first-order valence-corrected chi connectivity index (χ1v) is 14.5. The maximum absolute atomic E-state index is 13.7. The zero-order valence-corrected chi connectivity index (χ0v) is 25.4. The standard InChI is InChI=1S/C34H31Cl2N3O3/c1-5-41-32-16-22(4)29(18-28(32)21(2)3)33-38-31-9-7-6-8-27(31)34(40)39(33)37-19-23-10-14-26(15-11-23)42-20-24-12-13-25(35)17-30(24)36/h6-19,21H,5,20H2,1-4H3. The third kappa shape index (κ3) is 6.35. The van der Waals surface area contributed by atoms with Gasteiger partial charge in [0.15, 0.2) is 5.82 Å². The molecule has 0 aliphatic carbocycles. The predicted molar refractivity (Wildman–Crippen MR) is 172 cm³/mol. The molecule has 1 aromatic heterocycles. The Hall–Kier alpha value is -4.13. The number of halogens is 2. The number of para-hydroxylation sites is 1. The number of hydrogen-bond acceptors (Lipinski definition) is 5. The molecule has 0 spiro atoms. The third-order valence-corrected chi connectivity index (χ3v) is 7.47. The van der Waals surface area contributed by atoms with E-state index in [0.29, 0.717) is 45.7 Å². The highest BCUT2D eigenvalue weighted by Gasteiger charge is 2.18. The van der Waals surface area contributed by atoms with Crippen LogP contribution in [-0.4, -0.2) is 22.5 Å². The van der Waals surface area contributed by atoms with E-state index in [1.54, 1.807) is 24.4 Å². The first-order chi connectivity index (χ1) is 20.2. The maximum Gasteiger partial charge on any atom is 0.282 e. The molecule has 8 heteroatoms. The molecule has 6 nitrogen and oxygen atoms in total. The number of aromatic nitrogens is 2. The van der Waals surface area contributed by atoms with E-state index < -0.39 is 0 Å². The summed E-state index contributed by atoms with van der Waals surface area (Å²) in [5.41, 5.74) is 4.82. The molecular weight excluding hydrogens is 569 g/mol. The second-order valence-corrected chi connectivity index (χ2v) is 11.0. The lowest BCUT2D eigenvalue weighted by atomic mass is 9.96. The summed E-state index contributed by atoms with van der Waals surface area (Å²) in [6.45, 7) is 9.08. The molecule has 0 unspecified atom stereocenters. The van der Waals surface area contributed by atoms with Crippen LogP contribution < -0.4 is 15.0 Å². The van der Waals surface area contributed by atoms with Gasteiger partial charge in [0, 0.05) is 21.2 Å². The van der Waals surface area contributed by atoms with Crippen LogP contribution in [0.4, 0.5) is 0 Å². The minimum Gasteiger partial charge on any atom is -0.494 e. The summed E-state index contributed by atoms with van der Waals surface area (Å²) in [6, 6.07) is 24.1. The van der Waals surface area contributed by atoms with Crippen LogP contribution in [0.15, 0.2) is 88.8 Å². The number of aryl methyl sites for hydroxylation is 1. The molecule has 1 heterocycles. The largest absolute Gasteiger partial charge is 0.494 e. The molecule has 0 saturated carbocycles. The first-order valence-electron chi connectivity index (χ1n) is 13.8. The van der Waals surface area contributed by atoms with Crippen molar-refractivity contribution in [2.24, 2.45) is 5.10 Å². The van der Waals surface area contributed by atoms with Gasteiger partial charge >= 0.3 is 0 Å². The van der Waals surface area contributed by atoms with Crippen LogP contribution in [0.3, 0.4) is 0 Å². The number of ether oxygens (including phenoxy) is 2. The highest BCUT2D eigenvalue weighted by molar-refractivity contribution is 6.35. The van der Waals surface area contributed by atoms with E-state index in [1.165, 1.54) is 4.68 Å². The number of rotatable bonds is 9. The highest BCUT2D eigenvalue weighted by Crippen LogP contribution is 2.34. The molecular formula is C34H31Cl2N3O3. The lowest BCUT2D eigenvalue weighted by Crippen LogP contribution is -2.20. The van der Waals surface area contributed by atoms with Crippen molar-refractivity contribution in [2.45, 2.75) is 40.2 Å². The fraction of sp³-hybridized carbons (Fsp3) is 0.206. The second-order valence-electron chi connectivity index (χ2n) is 10.2. The summed E-state index contributed by atoms with van der Waals surface area (Å²) in [6.07, 6.45) is 1.65. The van der Waals surface area contributed by atoms with Gasteiger partial charge in [-0.2, -0.15) is 9.78 Å². The molecule has 0 fully saturated rings. The van der Waals surface area contributed by atoms with Gasteiger partial charge in [0.2, 0.25) is 0 Å². The molecule has 0 aliphatic heterocycles. The van der Waals surface area contributed by atoms with E-state index in [9.17, 15) is 4.79 Å². The summed E-state index contributed by atoms with van der Waals surface area (Å²) in [4.78, 5) is 18.6. The minimum absolute atomic E-state index is 0.214. The van der Waals surface area contributed by atoms with E-state index in [4.69, 9.17) is 37.7 Å². The van der Waals surface area contributed by atoms with Gasteiger partial charge in [0.1, 0.15) is 18.1 Å². The predicted octanol–water partition coefficient (Wildman–Crippen LogP) is 8.66. The lowest BCUT2D eigenvalue weighted by Gasteiger charge is -2.18. The first kappa shape index (κ1) is 29.4. The van der Waals surface area contributed by atoms with E-state index in [2.05, 4.69) is 25.0 Å². The Labute approximate surface area is 255 Å². The quantitative estimate of drug-likeness (QED) is 0.159. The Morgan fingerprint density at radius 2 is 1.74 bits per heavy atom. The van der Waals surface area contributed by atoms with Gasteiger partial charge in [0.05, 0.1) is 23.7 Å². The molecule has 0 saturated heterocycles. The van der Waals surface area contributed by atoms with Crippen LogP contribution in [0.5, 0.6) is 11.5 Å². The summed E-state index contributed by atoms with van der Waals surface area (Å²) in [5.74, 6) is 2.20. The van der Waals surface area contributed by atoms with Crippen molar-refractivity contribution in [3.63, 3.8) is 0 Å². The Morgan fingerprint density at radius 3 is 2.45 bits per heavy atom. The van der Waals surface area contributed by atoms with Gasteiger partial charge in [-0.3, -0.25) is 4.79 Å². The van der Waals surface area contributed by atoms with Crippen molar-refractivity contribution >= 4 is 40.3 Å². The van der Waals surface area contributed by atoms with Crippen LogP contribution in [0.2, 0.25) is 10.0 Å². The molecule has 0 atom stereocenters. The zero-order chi connectivity index (χ0) is 29.8. The Balaban J connectivity index is 1.50. The molecule has 0 aliphatic rings. The Morgan fingerprint density at radius 1 is 0.976 bits per heavy atom. The van der Waals surface area contributed by atoms with Gasteiger partial charge in [-0.15, -0.1) is 0 Å². The van der Waals surface area contributed by atoms with Crippen molar-refractivity contribution in [2.75, 3.05) is 6.61 Å². The smallest absolute Gasteiger partial charge is 0.282 e. The molecule has 5 aromatic rings. The Kier molecular flexibility index (Phi) is 8.95. The zero-order valence-electron chi connectivity index (χ0n) is 23.9. The fourth-order valence-corrected chi connectivity index (χ4v) is 5.11. The van der Waals surface area contributed by atoms with Gasteiger partial charge in [-0.05, 0) is 97.1 Å². The van der Waals surface area contributed by atoms with Crippen LogP contribution in [-0.2, 0) is 6.61 Å². The Bertz CT molecular complexity index is 1830. The topological polar surface area (TPSA) is 65.7 Å². The van der Waals surface area contributed by atoms with Crippen LogP contribution in [0, 0.1) is 6.92 Å². The summed E-state index contributed by atoms with van der Waals surface area (Å²) in [5, 5.41) is 6.26. The van der Waals surface area contributed by atoms with Crippen LogP contribution in [0.25, 0.3) is 22.3 Å². The fourth-order valence-electron chi connectivity index (χ4n) is 4.65. The molecule has 0 N–H and O–H groups in total. The SMILES string of the molecule is CCOc1cc(C)c(-c2nc3ccccc3c(=O)n2N=Cc2ccc(OCc3ccc(Cl)cc3Cl)cc2)cc1C(C)C. The normalized spacial score (nSPS) is 11.5. The van der Waals surface area contributed by atoms with Gasteiger partial charge in [-0.1, -0.05) is 55.2 Å². The van der Waals surface area contributed by atoms with Crippen molar-refractivity contribution in [1.82, 2.24) is 9.66 Å². The van der Waals surface area contributed by atoms with Crippen molar-refractivity contribution in [3.05, 3.63) is 122 Å². The second kappa shape index (κ2) is 12.8. The summed E-state index contributed by atoms with van der Waals surface area (Å²) >= 11 is 12.2. The van der Waals surface area contributed by atoms with E-state index >= 15 is 0 Å². The van der Waals surface area contributed by atoms with E-state index in [-0.39, 0.29) is 11.5 Å². The van der Waals surface area contributed by atoms with Gasteiger partial charge < -0.3 is 9.47 Å². The molecule has 0 amide bonds. The summed E-state index contributed by atoms with van der Waals surface area (Å²) in [7, 11) is 0. The van der Waals surface area contributed by atoms with E-state index in [0.717, 1.165) is 33.6 Å². The number of hydrogen-bond donors (Lipinski definition) is 0. The van der Waals surface area contributed by atoms with Crippen LogP contribution in [0.1, 0.15) is 48.9 Å². The highest BCUT2D eigenvalue weighted by atomic mass is 35.5.